The van der Waals surface area contributed by atoms with Crippen molar-refractivity contribution < 1.29 is 19.0 Å². The normalized spacial score (nSPS) is 16.5. The Balaban J connectivity index is 1.35. The van der Waals surface area contributed by atoms with Crippen LogP contribution in [-0.2, 0) is 4.79 Å². The van der Waals surface area contributed by atoms with Gasteiger partial charge in [-0.25, -0.2) is 0 Å². The molecule has 0 spiro atoms. The monoisotopic (exact) mass is 494 g/mol. The summed E-state index contributed by atoms with van der Waals surface area (Å²) >= 11 is 1.44. The van der Waals surface area contributed by atoms with Gasteiger partial charge in [0, 0.05) is 23.4 Å². The molecule has 1 unspecified atom stereocenters. The van der Waals surface area contributed by atoms with Crippen LogP contribution in [0.1, 0.15) is 45.1 Å². The van der Waals surface area contributed by atoms with Crippen LogP contribution in [0.15, 0.2) is 47.6 Å². The average molecular weight is 495 g/mol. The van der Waals surface area contributed by atoms with E-state index in [4.69, 9.17) is 14.2 Å². The van der Waals surface area contributed by atoms with Crippen molar-refractivity contribution in [3.8, 4) is 28.6 Å². The van der Waals surface area contributed by atoms with Crippen LogP contribution in [0.2, 0.25) is 0 Å². The van der Waals surface area contributed by atoms with Crippen LogP contribution in [-0.4, -0.2) is 46.2 Å². The van der Waals surface area contributed by atoms with E-state index in [0.29, 0.717) is 36.4 Å². The lowest BCUT2D eigenvalue weighted by atomic mass is 9.95. The highest BCUT2D eigenvalue weighted by atomic mass is 32.2. The van der Waals surface area contributed by atoms with Gasteiger partial charge in [-0.2, -0.15) is 0 Å². The maximum atomic E-state index is 13.0. The first kappa shape index (κ1) is 23.5. The van der Waals surface area contributed by atoms with E-state index >= 15 is 0 Å². The molecule has 0 saturated heterocycles. The lowest BCUT2D eigenvalue weighted by molar-refractivity contribution is -0.115. The highest BCUT2D eigenvalue weighted by Crippen LogP contribution is 2.37. The first-order valence-electron chi connectivity index (χ1n) is 12.1. The first-order valence-corrected chi connectivity index (χ1v) is 13.0. The van der Waals surface area contributed by atoms with E-state index in [-0.39, 0.29) is 11.2 Å². The van der Waals surface area contributed by atoms with Gasteiger partial charge < -0.3 is 19.5 Å². The molecule has 2 aliphatic rings. The Labute approximate surface area is 209 Å². The Morgan fingerprint density at radius 3 is 2.54 bits per heavy atom. The van der Waals surface area contributed by atoms with Crippen molar-refractivity contribution >= 4 is 23.4 Å². The second-order valence-corrected chi connectivity index (χ2v) is 10.1. The molecule has 2 aromatic carbocycles. The Hall–Kier alpha value is -3.20. The molecule has 1 atom stereocenters. The number of hydrogen-bond donors (Lipinski definition) is 1. The van der Waals surface area contributed by atoms with Crippen molar-refractivity contribution in [1.82, 2.24) is 14.8 Å². The lowest BCUT2D eigenvalue weighted by Crippen LogP contribution is -2.24. The molecule has 0 radical (unpaired) electrons. The van der Waals surface area contributed by atoms with Gasteiger partial charge in [-0.3, -0.25) is 9.36 Å². The Bertz CT molecular complexity index is 1170. The zero-order chi connectivity index (χ0) is 24.2. The maximum Gasteiger partial charge on any atom is 0.237 e. The Kier molecular flexibility index (Phi) is 7.13. The molecule has 0 bridgehead atoms. The first-order chi connectivity index (χ1) is 17.1. The molecule has 1 aliphatic heterocycles. The fourth-order valence-electron chi connectivity index (χ4n) is 4.54. The predicted octanol–water partition coefficient (Wildman–Crippen LogP) is 5.35. The number of nitrogens with one attached hydrogen (secondary N) is 1. The minimum Gasteiger partial charge on any atom is -0.497 e. The summed E-state index contributed by atoms with van der Waals surface area (Å²) in [5, 5.41) is 12.5. The number of rotatable bonds is 7. The topological polar surface area (TPSA) is 87.5 Å². The van der Waals surface area contributed by atoms with E-state index in [2.05, 4.69) is 20.1 Å². The van der Waals surface area contributed by atoms with Crippen molar-refractivity contribution in [2.24, 2.45) is 0 Å². The number of carbonyl (C=O) groups is 1. The molecule has 1 saturated carbocycles. The molecule has 1 fully saturated rings. The summed E-state index contributed by atoms with van der Waals surface area (Å²) in [5.41, 5.74) is 1.67. The van der Waals surface area contributed by atoms with E-state index in [1.165, 1.54) is 31.0 Å². The van der Waals surface area contributed by atoms with Crippen LogP contribution in [0.3, 0.4) is 0 Å². The second kappa shape index (κ2) is 10.6. The molecular weight excluding hydrogens is 464 g/mol. The third-order valence-electron chi connectivity index (χ3n) is 6.41. The van der Waals surface area contributed by atoms with E-state index in [1.807, 2.05) is 43.3 Å². The lowest BCUT2D eigenvalue weighted by Gasteiger charge is -2.26. The van der Waals surface area contributed by atoms with Gasteiger partial charge in [0.25, 0.3) is 0 Å². The van der Waals surface area contributed by atoms with Gasteiger partial charge in [0.2, 0.25) is 5.91 Å². The molecule has 35 heavy (non-hydrogen) atoms. The summed E-state index contributed by atoms with van der Waals surface area (Å²) in [6.07, 6.45) is 5.82. The number of aromatic nitrogens is 3. The van der Waals surface area contributed by atoms with Crippen molar-refractivity contribution in [3.05, 3.63) is 42.5 Å². The fraction of sp³-hybridized carbons (Fsp3) is 0.423. The molecule has 1 N–H and O–H groups in total. The minimum absolute atomic E-state index is 0.101. The van der Waals surface area contributed by atoms with Gasteiger partial charge >= 0.3 is 0 Å². The summed E-state index contributed by atoms with van der Waals surface area (Å²) < 4.78 is 18.7. The standard InChI is InChI=1S/C26H30N4O4S/c1-17(25(31)27-19-10-13-22-23(16-19)34-15-14-33-22)35-26-29-28-24(18-8-11-21(32-2)12-9-18)30(26)20-6-4-3-5-7-20/h8-13,16-17,20H,3-7,14-15H2,1-2H3,(H,27,31). The van der Waals surface area contributed by atoms with Crippen LogP contribution < -0.4 is 19.5 Å². The number of methoxy groups -OCH3 is 1. The number of fused-ring (bicyclic) bond motifs is 1. The molecule has 3 aromatic rings. The van der Waals surface area contributed by atoms with Gasteiger partial charge in [0.05, 0.1) is 12.4 Å². The molecule has 8 nitrogen and oxygen atoms in total. The quantitative estimate of drug-likeness (QED) is 0.443. The highest BCUT2D eigenvalue weighted by molar-refractivity contribution is 8.00. The van der Waals surface area contributed by atoms with Gasteiger partial charge in [-0.15, -0.1) is 10.2 Å². The number of amides is 1. The Morgan fingerprint density at radius 1 is 1.06 bits per heavy atom. The summed E-state index contributed by atoms with van der Waals surface area (Å²) in [6, 6.07) is 13.7. The van der Waals surface area contributed by atoms with E-state index in [1.54, 1.807) is 13.2 Å². The second-order valence-electron chi connectivity index (χ2n) is 8.80. The highest BCUT2D eigenvalue weighted by Gasteiger charge is 2.27. The van der Waals surface area contributed by atoms with Crippen LogP contribution in [0.4, 0.5) is 5.69 Å². The number of anilines is 1. The molecule has 1 amide bonds. The van der Waals surface area contributed by atoms with Gasteiger partial charge in [0.15, 0.2) is 22.5 Å². The number of ether oxygens (including phenoxy) is 3. The van der Waals surface area contributed by atoms with E-state index in [0.717, 1.165) is 35.1 Å². The summed E-state index contributed by atoms with van der Waals surface area (Å²) in [4.78, 5) is 13.0. The molecule has 9 heteroatoms. The average Bonchev–Trinajstić information content (AvgIpc) is 3.32. The molecule has 1 aromatic heterocycles. The van der Waals surface area contributed by atoms with Crippen LogP contribution in [0.25, 0.3) is 11.4 Å². The zero-order valence-corrected chi connectivity index (χ0v) is 20.8. The summed E-state index contributed by atoms with van der Waals surface area (Å²) in [6.45, 7) is 2.93. The largest absolute Gasteiger partial charge is 0.497 e. The summed E-state index contributed by atoms with van der Waals surface area (Å²) in [5.74, 6) is 2.88. The molecular formula is C26H30N4O4S. The number of benzene rings is 2. The van der Waals surface area contributed by atoms with Crippen molar-refractivity contribution in [3.63, 3.8) is 0 Å². The van der Waals surface area contributed by atoms with Crippen LogP contribution in [0.5, 0.6) is 17.2 Å². The fourth-order valence-corrected chi connectivity index (χ4v) is 5.46. The number of hydrogen-bond acceptors (Lipinski definition) is 7. The van der Waals surface area contributed by atoms with Crippen LogP contribution in [0, 0.1) is 0 Å². The molecule has 2 heterocycles. The Morgan fingerprint density at radius 2 is 1.80 bits per heavy atom. The van der Waals surface area contributed by atoms with Crippen molar-refractivity contribution in [2.45, 2.75) is 55.5 Å². The van der Waals surface area contributed by atoms with Gasteiger partial charge in [-0.05, 0) is 56.2 Å². The SMILES string of the molecule is COc1ccc(-c2nnc(SC(C)C(=O)Nc3ccc4c(c3)OCCO4)n2C2CCCCC2)cc1. The smallest absolute Gasteiger partial charge is 0.237 e. The van der Waals surface area contributed by atoms with Gasteiger partial charge in [0.1, 0.15) is 19.0 Å². The number of carbonyl (C=O) groups excluding carboxylic acids is 1. The number of thioether (sulfide) groups is 1. The zero-order valence-electron chi connectivity index (χ0n) is 20.0. The van der Waals surface area contributed by atoms with Gasteiger partial charge in [-0.1, -0.05) is 31.0 Å². The molecule has 5 rings (SSSR count). The third-order valence-corrected chi connectivity index (χ3v) is 7.47. The maximum absolute atomic E-state index is 13.0. The van der Waals surface area contributed by atoms with Crippen LogP contribution >= 0.6 is 11.8 Å². The van der Waals surface area contributed by atoms with Crippen molar-refractivity contribution in [2.75, 3.05) is 25.6 Å². The molecule has 1 aliphatic carbocycles. The summed E-state index contributed by atoms with van der Waals surface area (Å²) in [7, 11) is 1.66. The predicted molar refractivity (Wildman–Crippen MR) is 136 cm³/mol. The molecule has 184 valence electrons. The van der Waals surface area contributed by atoms with E-state index < -0.39 is 0 Å². The minimum atomic E-state index is -0.363. The van der Waals surface area contributed by atoms with E-state index in [9.17, 15) is 4.79 Å². The third kappa shape index (κ3) is 5.24. The number of nitrogens with zero attached hydrogens (tertiary/aromatic N) is 3. The van der Waals surface area contributed by atoms with Crippen molar-refractivity contribution in [1.29, 1.82) is 0 Å².